The molecule has 1 heterocycles. The molecule has 0 aliphatic heterocycles. The third-order valence-corrected chi connectivity index (χ3v) is 4.78. The molecule has 1 aromatic heterocycles. The maximum atomic E-state index is 12.9. The van der Waals surface area contributed by atoms with E-state index in [0.717, 1.165) is 16.2 Å². The van der Waals surface area contributed by atoms with Gasteiger partial charge < -0.3 is 5.32 Å². The van der Waals surface area contributed by atoms with Crippen molar-refractivity contribution in [2.24, 2.45) is 0 Å². The van der Waals surface area contributed by atoms with Gasteiger partial charge in [0.15, 0.2) is 5.69 Å². The topological polar surface area (TPSA) is 24.9 Å². The lowest BCUT2D eigenvalue weighted by molar-refractivity contribution is -0.141. The van der Waals surface area contributed by atoms with Crippen LogP contribution in [0.4, 0.5) is 17.6 Å². The zero-order chi connectivity index (χ0) is 15.5. The van der Waals surface area contributed by atoms with Crippen LogP contribution in [0.15, 0.2) is 29.2 Å². The Morgan fingerprint density at radius 1 is 1.24 bits per heavy atom. The molecule has 0 bridgehead atoms. The number of aromatic nitrogens is 1. The van der Waals surface area contributed by atoms with Crippen molar-refractivity contribution < 1.29 is 17.6 Å². The second-order valence-corrected chi connectivity index (χ2v) is 6.37. The van der Waals surface area contributed by atoms with Crippen molar-refractivity contribution in [2.75, 3.05) is 7.05 Å². The second-order valence-electron chi connectivity index (χ2n) is 4.15. The Kier molecular flexibility index (Phi) is 5.23. The molecule has 0 aliphatic carbocycles. The average Bonchev–Trinajstić information content (AvgIpc) is 2.82. The third-order valence-electron chi connectivity index (χ3n) is 2.52. The minimum Gasteiger partial charge on any atom is -0.315 e. The first kappa shape index (κ1) is 16.3. The van der Waals surface area contributed by atoms with E-state index in [0.29, 0.717) is 10.8 Å². The third kappa shape index (κ3) is 4.42. The van der Waals surface area contributed by atoms with Crippen LogP contribution in [-0.2, 0) is 18.5 Å². The lowest BCUT2D eigenvalue weighted by atomic mass is 10.3. The van der Waals surface area contributed by atoms with E-state index in [-0.39, 0.29) is 17.2 Å². The average molecular weight is 336 g/mol. The summed E-state index contributed by atoms with van der Waals surface area (Å²) in [6, 6.07) is 5.81. The number of benzene rings is 1. The first-order valence-corrected chi connectivity index (χ1v) is 7.79. The molecule has 0 spiro atoms. The lowest BCUT2D eigenvalue weighted by Crippen LogP contribution is -2.12. The van der Waals surface area contributed by atoms with E-state index >= 15 is 0 Å². The number of hydrogen-bond donors (Lipinski definition) is 1. The van der Waals surface area contributed by atoms with Crippen LogP contribution < -0.4 is 5.32 Å². The fourth-order valence-corrected chi connectivity index (χ4v) is 3.63. The van der Waals surface area contributed by atoms with Crippen LogP contribution in [0.5, 0.6) is 0 Å². The summed E-state index contributed by atoms with van der Waals surface area (Å²) >= 11 is 2.37. The molecule has 8 heteroatoms. The van der Waals surface area contributed by atoms with E-state index in [9.17, 15) is 17.6 Å². The Morgan fingerprint density at radius 3 is 2.48 bits per heavy atom. The van der Waals surface area contributed by atoms with Gasteiger partial charge in [0.05, 0.1) is 10.6 Å². The van der Waals surface area contributed by atoms with Gasteiger partial charge in [-0.25, -0.2) is 9.37 Å². The highest BCUT2D eigenvalue weighted by molar-refractivity contribution is 7.98. The van der Waals surface area contributed by atoms with Crippen molar-refractivity contribution >= 4 is 23.1 Å². The molecular weight excluding hydrogens is 324 g/mol. The van der Waals surface area contributed by atoms with Gasteiger partial charge in [-0.1, -0.05) is 0 Å². The highest BCUT2D eigenvalue weighted by Crippen LogP contribution is 2.36. The molecule has 1 N–H and O–H groups in total. The van der Waals surface area contributed by atoms with Gasteiger partial charge in [-0.15, -0.1) is 23.1 Å². The summed E-state index contributed by atoms with van der Waals surface area (Å²) in [7, 11) is 1.59. The number of halogens is 4. The Hall–Kier alpha value is -1.12. The van der Waals surface area contributed by atoms with E-state index < -0.39 is 11.9 Å². The lowest BCUT2D eigenvalue weighted by Gasteiger charge is -2.04. The van der Waals surface area contributed by atoms with E-state index in [4.69, 9.17) is 0 Å². The highest BCUT2D eigenvalue weighted by Gasteiger charge is 2.37. The van der Waals surface area contributed by atoms with Gasteiger partial charge in [0.1, 0.15) is 10.8 Å². The van der Waals surface area contributed by atoms with Gasteiger partial charge in [0.2, 0.25) is 0 Å². The van der Waals surface area contributed by atoms with Crippen LogP contribution in [0.2, 0.25) is 0 Å². The summed E-state index contributed by atoms with van der Waals surface area (Å²) in [4.78, 5) is 4.66. The minimum atomic E-state index is -4.44. The molecule has 2 rings (SSSR count). The fourth-order valence-electron chi connectivity index (χ4n) is 1.64. The van der Waals surface area contributed by atoms with E-state index in [2.05, 4.69) is 10.3 Å². The molecule has 21 heavy (non-hydrogen) atoms. The molecule has 0 fully saturated rings. The Morgan fingerprint density at radius 2 is 1.90 bits per heavy atom. The molecule has 0 amide bonds. The van der Waals surface area contributed by atoms with Gasteiger partial charge in [0.25, 0.3) is 0 Å². The molecule has 0 saturated heterocycles. The van der Waals surface area contributed by atoms with Crippen molar-refractivity contribution in [1.29, 1.82) is 0 Å². The number of nitrogens with one attached hydrogen (secondary N) is 1. The Bertz CT molecular complexity index is 593. The molecule has 0 unspecified atom stereocenters. The van der Waals surface area contributed by atoms with Crippen molar-refractivity contribution in [3.63, 3.8) is 0 Å². The zero-order valence-electron chi connectivity index (χ0n) is 11.0. The van der Waals surface area contributed by atoms with Crippen LogP contribution in [0, 0.1) is 5.82 Å². The smallest absolute Gasteiger partial charge is 0.315 e. The summed E-state index contributed by atoms with van der Waals surface area (Å²) in [5, 5.41) is 3.12. The summed E-state index contributed by atoms with van der Waals surface area (Å²) in [6.45, 7) is 0.133. The van der Waals surface area contributed by atoms with Crippen molar-refractivity contribution in [1.82, 2.24) is 10.3 Å². The molecule has 114 valence electrons. The van der Waals surface area contributed by atoms with Gasteiger partial charge in [-0.2, -0.15) is 13.2 Å². The SMILES string of the molecule is CNCc1sc(CSc2ccc(F)cc2)nc1C(F)(F)F. The second kappa shape index (κ2) is 6.76. The normalized spacial score (nSPS) is 11.9. The van der Waals surface area contributed by atoms with Crippen LogP contribution in [0.3, 0.4) is 0 Å². The van der Waals surface area contributed by atoms with Gasteiger partial charge in [0, 0.05) is 11.4 Å². The summed E-state index contributed by atoms with van der Waals surface area (Å²) in [5.74, 6) is -0.0208. The van der Waals surface area contributed by atoms with Gasteiger partial charge in [-0.3, -0.25) is 0 Å². The summed E-state index contributed by atoms with van der Waals surface area (Å²) < 4.78 is 51.4. The van der Waals surface area contributed by atoms with Crippen LogP contribution in [0.25, 0.3) is 0 Å². The van der Waals surface area contributed by atoms with Crippen LogP contribution >= 0.6 is 23.1 Å². The number of thiazole rings is 1. The van der Waals surface area contributed by atoms with E-state index in [1.807, 2.05) is 0 Å². The monoisotopic (exact) mass is 336 g/mol. The quantitative estimate of drug-likeness (QED) is 0.650. The molecule has 2 nitrogen and oxygen atoms in total. The minimum absolute atomic E-state index is 0.133. The summed E-state index contributed by atoms with van der Waals surface area (Å²) in [5.41, 5.74) is -0.823. The molecule has 0 saturated carbocycles. The number of nitrogens with zero attached hydrogens (tertiary/aromatic N) is 1. The predicted octanol–water partition coefficient (Wildman–Crippen LogP) is 4.31. The van der Waals surface area contributed by atoms with Crippen molar-refractivity contribution in [2.45, 2.75) is 23.4 Å². The van der Waals surface area contributed by atoms with Crippen LogP contribution in [0.1, 0.15) is 15.6 Å². The van der Waals surface area contributed by atoms with Gasteiger partial charge >= 0.3 is 6.18 Å². The van der Waals surface area contributed by atoms with Crippen LogP contribution in [-0.4, -0.2) is 12.0 Å². The molecule has 0 aliphatic rings. The first-order chi connectivity index (χ1) is 9.90. The van der Waals surface area contributed by atoms with Crippen molar-refractivity contribution in [3.8, 4) is 0 Å². The largest absolute Gasteiger partial charge is 0.434 e. The maximum absolute atomic E-state index is 12.9. The number of hydrogen-bond acceptors (Lipinski definition) is 4. The Labute approximate surface area is 127 Å². The summed E-state index contributed by atoms with van der Waals surface area (Å²) in [6.07, 6.45) is -4.44. The first-order valence-electron chi connectivity index (χ1n) is 5.99. The molecule has 2 aromatic rings. The molecular formula is C13H12F4N2S2. The predicted molar refractivity (Wildman–Crippen MR) is 75.8 cm³/mol. The number of rotatable bonds is 5. The van der Waals surface area contributed by atoms with Crippen molar-refractivity contribution in [3.05, 3.63) is 45.7 Å². The zero-order valence-corrected chi connectivity index (χ0v) is 12.6. The Balaban J connectivity index is 2.11. The van der Waals surface area contributed by atoms with Gasteiger partial charge in [-0.05, 0) is 31.3 Å². The molecule has 0 radical (unpaired) electrons. The fraction of sp³-hybridized carbons (Fsp3) is 0.308. The highest BCUT2D eigenvalue weighted by atomic mass is 32.2. The number of thioether (sulfide) groups is 1. The molecule has 1 aromatic carbocycles. The van der Waals surface area contributed by atoms with E-state index in [1.165, 1.54) is 23.9 Å². The number of alkyl halides is 3. The van der Waals surface area contributed by atoms with E-state index in [1.54, 1.807) is 19.2 Å². The maximum Gasteiger partial charge on any atom is 0.434 e. The molecule has 0 atom stereocenters. The standard InChI is InChI=1S/C13H12F4N2S2/c1-18-6-10-12(13(15,16)17)19-11(21-10)7-20-9-4-2-8(14)3-5-9/h2-5,18H,6-7H2,1H3.